The molecule has 1 atom stereocenters. The van der Waals surface area contributed by atoms with E-state index in [-0.39, 0.29) is 12.6 Å². The molecule has 0 saturated carbocycles. The zero-order valence-electron chi connectivity index (χ0n) is 22.5. The van der Waals surface area contributed by atoms with Crippen LogP contribution in [0.2, 0.25) is 0 Å². The topological polar surface area (TPSA) is 91.1 Å². The van der Waals surface area contributed by atoms with Gasteiger partial charge in [0.2, 0.25) is 0 Å². The molecule has 2 amide bonds. The number of aliphatic hydroxyl groups excluding tert-OH is 1. The predicted molar refractivity (Wildman–Crippen MR) is 153 cm³/mol. The van der Waals surface area contributed by atoms with Crippen LogP contribution in [-0.4, -0.2) is 67.9 Å². The number of urea groups is 1. The van der Waals surface area contributed by atoms with Crippen molar-refractivity contribution in [2.75, 3.05) is 46.2 Å². The first-order chi connectivity index (χ1) is 18.4. The van der Waals surface area contributed by atoms with Gasteiger partial charge in [-0.15, -0.1) is 0 Å². The lowest BCUT2D eigenvalue weighted by Gasteiger charge is -2.25. The third-order valence-electron chi connectivity index (χ3n) is 6.10. The van der Waals surface area contributed by atoms with Crippen LogP contribution in [0, 0.1) is 11.8 Å². The molecule has 7 nitrogen and oxygen atoms in total. The monoisotopic (exact) mass is 514 g/mol. The highest BCUT2D eigenvalue weighted by Gasteiger charge is 2.17. The number of carbonyl (C=O) groups is 1. The lowest BCUT2D eigenvalue weighted by molar-refractivity contribution is 0.152. The number of ether oxygens (including phenoxy) is 1. The molecule has 0 aliphatic rings. The molecule has 0 heterocycles. The maximum absolute atomic E-state index is 13.2. The van der Waals surface area contributed by atoms with Crippen molar-refractivity contribution in [1.29, 1.82) is 0 Å². The van der Waals surface area contributed by atoms with Gasteiger partial charge in [-0.1, -0.05) is 36.1 Å². The first kappa shape index (κ1) is 28.7. The molecule has 3 aromatic rings. The molecule has 3 rings (SSSR count). The number of carbonyl (C=O) groups excluding carboxylic acids is 1. The Bertz CT molecular complexity index is 1220. The summed E-state index contributed by atoms with van der Waals surface area (Å²) >= 11 is 0. The lowest BCUT2D eigenvalue weighted by atomic mass is 10.0. The van der Waals surface area contributed by atoms with Gasteiger partial charge in [0.15, 0.2) is 0 Å². The number of nitrogens with zero attached hydrogens (tertiary/aromatic N) is 2. The van der Waals surface area contributed by atoms with E-state index in [2.05, 4.69) is 34.2 Å². The number of methoxy groups -OCH3 is 1. The Labute approximate surface area is 226 Å². The van der Waals surface area contributed by atoms with Crippen LogP contribution in [0.1, 0.15) is 28.7 Å². The molecule has 200 valence electrons. The Kier molecular flexibility index (Phi) is 11.2. The number of hydrogen-bond acceptors (Lipinski definition) is 5. The van der Waals surface area contributed by atoms with Crippen LogP contribution in [0.4, 0.5) is 10.5 Å². The van der Waals surface area contributed by atoms with Crippen molar-refractivity contribution < 1.29 is 14.6 Å². The summed E-state index contributed by atoms with van der Waals surface area (Å²) in [6.07, 6.45) is 0.424. The van der Waals surface area contributed by atoms with Gasteiger partial charge in [-0.05, 0) is 86.6 Å². The molecule has 7 heteroatoms. The van der Waals surface area contributed by atoms with Crippen molar-refractivity contribution in [2.45, 2.75) is 25.5 Å². The van der Waals surface area contributed by atoms with Gasteiger partial charge in [0.25, 0.3) is 0 Å². The van der Waals surface area contributed by atoms with Crippen LogP contribution in [0.25, 0.3) is 0 Å². The van der Waals surface area contributed by atoms with E-state index < -0.39 is 6.10 Å². The number of benzene rings is 3. The zero-order valence-corrected chi connectivity index (χ0v) is 22.5. The van der Waals surface area contributed by atoms with Crippen LogP contribution in [0.5, 0.6) is 5.75 Å². The Morgan fingerprint density at radius 3 is 2.34 bits per heavy atom. The second kappa shape index (κ2) is 14.8. The molecule has 0 aliphatic heterocycles. The summed E-state index contributed by atoms with van der Waals surface area (Å²) in [6, 6.07) is 23.2. The fraction of sp³-hybridized carbons (Fsp3) is 0.323. The van der Waals surface area contributed by atoms with Crippen LogP contribution in [0.3, 0.4) is 0 Å². The maximum Gasteiger partial charge on any atom is 0.321 e. The van der Waals surface area contributed by atoms with Crippen LogP contribution in [-0.2, 0) is 13.0 Å². The zero-order chi connectivity index (χ0) is 27.3. The van der Waals surface area contributed by atoms with Gasteiger partial charge in [0, 0.05) is 43.0 Å². The summed E-state index contributed by atoms with van der Waals surface area (Å²) < 4.78 is 5.20. The molecule has 0 bridgehead atoms. The molecule has 0 aromatic heterocycles. The first-order valence-electron chi connectivity index (χ1n) is 12.8. The quantitative estimate of drug-likeness (QED) is 0.337. The van der Waals surface area contributed by atoms with Gasteiger partial charge in [-0.25, -0.2) is 4.79 Å². The summed E-state index contributed by atoms with van der Waals surface area (Å²) in [7, 11) is 5.68. The molecule has 4 N–H and O–H groups in total. The van der Waals surface area contributed by atoms with E-state index in [4.69, 9.17) is 10.5 Å². The van der Waals surface area contributed by atoms with Crippen molar-refractivity contribution in [3.8, 4) is 17.6 Å². The first-order valence-corrected chi connectivity index (χ1v) is 12.8. The largest absolute Gasteiger partial charge is 0.497 e. The molecule has 0 fully saturated rings. The normalized spacial score (nSPS) is 11.4. The maximum atomic E-state index is 13.2. The predicted octanol–water partition coefficient (Wildman–Crippen LogP) is 3.94. The summed E-state index contributed by atoms with van der Waals surface area (Å²) in [5.41, 5.74) is 10.5. The molecule has 0 aliphatic carbocycles. The van der Waals surface area contributed by atoms with E-state index in [1.807, 2.05) is 50.5 Å². The van der Waals surface area contributed by atoms with E-state index in [0.717, 1.165) is 29.0 Å². The van der Waals surface area contributed by atoms with E-state index in [0.29, 0.717) is 31.6 Å². The van der Waals surface area contributed by atoms with Crippen molar-refractivity contribution in [1.82, 2.24) is 9.80 Å². The van der Waals surface area contributed by atoms with Crippen molar-refractivity contribution >= 4 is 11.7 Å². The summed E-state index contributed by atoms with van der Waals surface area (Å²) in [5, 5.41) is 13.0. The molecule has 38 heavy (non-hydrogen) atoms. The second-order valence-electron chi connectivity index (χ2n) is 9.41. The van der Waals surface area contributed by atoms with Crippen molar-refractivity contribution in [3.63, 3.8) is 0 Å². The number of rotatable bonds is 11. The number of aliphatic hydroxyl groups is 1. The molecule has 0 radical (unpaired) electrons. The van der Waals surface area contributed by atoms with Gasteiger partial charge >= 0.3 is 6.03 Å². The lowest BCUT2D eigenvalue weighted by Crippen LogP contribution is -2.39. The van der Waals surface area contributed by atoms with Gasteiger partial charge in [0.05, 0.1) is 13.2 Å². The average Bonchev–Trinajstić information content (AvgIpc) is 2.93. The van der Waals surface area contributed by atoms with E-state index in [1.54, 1.807) is 36.3 Å². The average molecular weight is 515 g/mol. The highest BCUT2D eigenvalue weighted by Crippen LogP contribution is 2.18. The van der Waals surface area contributed by atoms with Crippen LogP contribution < -0.4 is 15.8 Å². The van der Waals surface area contributed by atoms with Gasteiger partial charge in [0.1, 0.15) is 5.75 Å². The molecule has 3 aromatic carbocycles. The Morgan fingerprint density at radius 2 is 1.68 bits per heavy atom. The number of amides is 2. The summed E-state index contributed by atoms with van der Waals surface area (Å²) in [6.45, 7) is 1.81. The van der Waals surface area contributed by atoms with Gasteiger partial charge in [-0.2, -0.15) is 0 Å². The van der Waals surface area contributed by atoms with Gasteiger partial charge < -0.3 is 30.7 Å². The SMILES string of the molecule is COc1ccc(NC(=O)N(CCc2ccc(C#Cc3ccccc3)cc2CN(C)C)CCC(O)CN)cc1. The summed E-state index contributed by atoms with van der Waals surface area (Å²) in [4.78, 5) is 17.0. The minimum atomic E-state index is -0.655. The van der Waals surface area contributed by atoms with Crippen molar-refractivity contribution in [2.24, 2.45) is 5.73 Å². The van der Waals surface area contributed by atoms with Crippen molar-refractivity contribution in [3.05, 3.63) is 95.1 Å². The Morgan fingerprint density at radius 1 is 0.974 bits per heavy atom. The molecular weight excluding hydrogens is 476 g/mol. The van der Waals surface area contributed by atoms with Crippen LogP contribution in [0.15, 0.2) is 72.8 Å². The van der Waals surface area contributed by atoms with Gasteiger partial charge in [-0.3, -0.25) is 0 Å². The second-order valence-corrected chi connectivity index (χ2v) is 9.41. The minimum Gasteiger partial charge on any atom is -0.497 e. The fourth-order valence-electron chi connectivity index (χ4n) is 3.97. The molecular formula is C31H38N4O3. The number of hydrogen-bond donors (Lipinski definition) is 3. The number of anilines is 1. The fourth-order valence-corrected chi connectivity index (χ4v) is 3.97. The molecule has 0 saturated heterocycles. The van der Waals surface area contributed by atoms with E-state index in [1.165, 1.54) is 5.56 Å². The highest BCUT2D eigenvalue weighted by atomic mass is 16.5. The Hall–Kier alpha value is -3.83. The third kappa shape index (κ3) is 9.24. The van der Waals surface area contributed by atoms with Crippen LogP contribution >= 0.6 is 0 Å². The smallest absolute Gasteiger partial charge is 0.321 e. The Balaban J connectivity index is 1.75. The minimum absolute atomic E-state index is 0.159. The standard InChI is InChI=1S/C31H38N4O3/c1-34(2)23-27-21-25(10-9-24-7-5-4-6-8-24)11-12-26(27)17-19-35(20-18-29(36)22-32)31(37)33-28-13-15-30(38-3)16-14-28/h4-8,11-16,21,29,36H,17-20,22-23,32H2,1-3H3,(H,33,37). The summed E-state index contributed by atoms with van der Waals surface area (Å²) in [5.74, 6) is 7.21. The van der Waals surface area contributed by atoms with E-state index in [9.17, 15) is 9.90 Å². The third-order valence-corrected chi connectivity index (χ3v) is 6.10. The van der Waals surface area contributed by atoms with E-state index >= 15 is 0 Å². The number of nitrogens with two attached hydrogens (primary N) is 1. The molecule has 1 unspecified atom stereocenters. The number of nitrogens with one attached hydrogen (secondary N) is 1. The molecule has 0 spiro atoms. The highest BCUT2D eigenvalue weighted by molar-refractivity contribution is 5.89.